The normalized spacial score (nSPS) is 13.3. The molecule has 2 heterocycles. The highest BCUT2D eigenvalue weighted by molar-refractivity contribution is 6.21. The van der Waals surface area contributed by atoms with Crippen LogP contribution < -0.4 is 4.74 Å². The Balaban J connectivity index is 1.22. The van der Waals surface area contributed by atoms with Crippen molar-refractivity contribution < 1.29 is 14.3 Å². The van der Waals surface area contributed by atoms with Crippen LogP contribution in [0.15, 0.2) is 66.7 Å². The SMILES string of the molecule is O=C1c2ccccc2C(=O)N1CCCCOc1cccc2nc3ccccc3nc12. The number of rotatable bonds is 6. The first kappa shape index (κ1) is 18.2. The molecule has 0 atom stereocenters. The lowest BCUT2D eigenvalue weighted by Crippen LogP contribution is -2.30. The number of imide groups is 1. The van der Waals surface area contributed by atoms with Crippen molar-refractivity contribution in [2.24, 2.45) is 0 Å². The number of carbonyl (C=O) groups is 2. The van der Waals surface area contributed by atoms with Crippen LogP contribution in [0.1, 0.15) is 33.6 Å². The van der Waals surface area contributed by atoms with Crippen molar-refractivity contribution in [3.63, 3.8) is 0 Å². The molecule has 1 aromatic heterocycles. The molecule has 0 aliphatic carbocycles. The molecule has 2 amide bonds. The lowest BCUT2D eigenvalue weighted by atomic mass is 10.1. The van der Waals surface area contributed by atoms with Crippen molar-refractivity contribution in [3.05, 3.63) is 77.9 Å². The van der Waals surface area contributed by atoms with Crippen molar-refractivity contribution in [2.75, 3.05) is 13.2 Å². The fourth-order valence-electron chi connectivity index (χ4n) is 3.73. The summed E-state index contributed by atoms with van der Waals surface area (Å²) in [5, 5.41) is 0. The van der Waals surface area contributed by atoms with Crippen LogP contribution >= 0.6 is 0 Å². The minimum Gasteiger partial charge on any atom is -0.491 e. The summed E-state index contributed by atoms with van der Waals surface area (Å²) in [7, 11) is 0. The second-order valence-electron chi connectivity index (χ2n) is 7.20. The number of nitrogens with zero attached hydrogens (tertiary/aromatic N) is 3. The number of benzene rings is 3. The molecule has 0 fully saturated rings. The number of para-hydroxylation sites is 3. The van der Waals surface area contributed by atoms with E-state index in [1.54, 1.807) is 24.3 Å². The van der Waals surface area contributed by atoms with Gasteiger partial charge in [0, 0.05) is 6.54 Å². The maximum absolute atomic E-state index is 12.4. The van der Waals surface area contributed by atoms with E-state index in [1.807, 2.05) is 42.5 Å². The minimum atomic E-state index is -0.215. The van der Waals surface area contributed by atoms with Gasteiger partial charge in [-0.15, -0.1) is 0 Å². The van der Waals surface area contributed by atoms with Crippen molar-refractivity contribution in [1.82, 2.24) is 14.9 Å². The Kier molecular flexibility index (Phi) is 4.59. The number of unbranched alkanes of at least 4 members (excludes halogenated alkanes) is 1. The molecule has 6 nitrogen and oxygen atoms in total. The number of ether oxygens (including phenoxy) is 1. The van der Waals surface area contributed by atoms with E-state index in [-0.39, 0.29) is 11.8 Å². The van der Waals surface area contributed by atoms with Crippen molar-refractivity contribution in [3.8, 4) is 5.75 Å². The van der Waals surface area contributed by atoms with Crippen molar-refractivity contribution >= 4 is 33.9 Å². The number of fused-ring (bicyclic) bond motifs is 3. The summed E-state index contributed by atoms with van der Waals surface area (Å²) in [6.45, 7) is 0.854. The molecule has 0 spiro atoms. The molecule has 0 radical (unpaired) electrons. The van der Waals surface area contributed by atoms with Crippen LogP contribution in [-0.2, 0) is 0 Å². The monoisotopic (exact) mass is 397 g/mol. The zero-order chi connectivity index (χ0) is 20.5. The Morgan fingerprint density at radius 2 is 1.33 bits per heavy atom. The lowest BCUT2D eigenvalue weighted by molar-refractivity contribution is 0.0649. The average Bonchev–Trinajstić information content (AvgIpc) is 3.02. The summed E-state index contributed by atoms with van der Waals surface area (Å²) in [6.07, 6.45) is 1.38. The van der Waals surface area contributed by atoms with Gasteiger partial charge in [-0.3, -0.25) is 14.5 Å². The zero-order valence-corrected chi connectivity index (χ0v) is 16.2. The first-order valence-electron chi connectivity index (χ1n) is 9.96. The summed E-state index contributed by atoms with van der Waals surface area (Å²) in [4.78, 5) is 35.5. The molecule has 148 valence electrons. The molecule has 1 aliphatic rings. The molecule has 4 aromatic rings. The van der Waals surface area contributed by atoms with Gasteiger partial charge in [-0.05, 0) is 49.2 Å². The van der Waals surface area contributed by atoms with E-state index in [0.29, 0.717) is 42.9 Å². The van der Waals surface area contributed by atoms with E-state index < -0.39 is 0 Å². The van der Waals surface area contributed by atoms with Gasteiger partial charge in [0.25, 0.3) is 11.8 Å². The van der Waals surface area contributed by atoms with Crippen LogP contribution in [0, 0.1) is 0 Å². The first-order chi connectivity index (χ1) is 14.7. The van der Waals surface area contributed by atoms with E-state index in [9.17, 15) is 9.59 Å². The quantitative estimate of drug-likeness (QED) is 0.276. The topological polar surface area (TPSA) is 72.4 Å². The van der Waals surface area contributed by atoms with E-state index in [2.05, 4.69) is 4.98 Å². The Bertz CT molecular complexity index is 1250. The summed E-state index contributed by atoms with van der Waals surface area (Å²) < 4.78 is 5.96. The van der Waals surface area contributed by atoms with Gasteiger partial charge in [-0.2, -0.15) is 0 Å². The summed E-state index contributed by atoms with van der Waals surface area (Å²) >= 11 is 0. The van der Waals surface area contributed by atoms with E-state index in [0.717, 1.165) is 22.1 Å². The lowest BCUT2D eigenvalue weighted by Gasteiger charge is -2.14. The summed E-state index contributed by atoms with van der Waals surface area (Å²) in [5.41, 5.74) is 4.17. The van der Waals surface area contributed by atoms with Crippen LogP contribution in [-0.4, -0.2) is 39.8 Å². The Morgan fingerprint density at radius 3 is 2.07 bits per heavy atom. The minimum absolute atomic E-state index is 0.215. The molecule has 0 saturated carbocycles. The van der Waals surface area contributed by atoms with Gasteiger partial charge in [-0.1, -0.05) is 30.3 Å². The molecule has 0 saturated heterocycles. The Morgan fingerprint density at radius 1 is 0.700 bits per heavy atom. The number of amides is 2. The highest BCUT2D eigenvalue weighted by Crippen LogP contribution is 2.25. The number of hydrogen-bond donors (Lipinski definition) is 0. The first-order valence-corrected chi connectivity index (χ1v) is 9.96. The predicted molar refractivity (Wildman–Crippen MR) is 114 cm³/mol. The molecule has 0 unspecified atom stereocenters. The van der Waals surface area contributed by atoms with Crippen LogP contribution in [0.3, 0.4) is 0 Å². The molecular weight excluding hydrogens is 378 g/mol. The highest BCUT2D eigenvalue weighted by Gasteiger charge is 2.34. The second-order valence-corrected chi connectivity index (χ2v) is 7.20. The van der Waals surface area contributed by atoms with Gasteiger partial charge < -0.3 is 4.74 Å². The van der Waals surface area contributed by atoms with E-state index in [1.165, 1.54) is 4.90 Å². The van der Waals surface area contributed by atoms with Crippen LogP contribution in [0.25, 0.3) is 22.1 Å². The number of hydrogen-bond acceptors (Lipinski definition) is 5. The summed E-state index contributed by atoms with van der Waals surface area (Å²) in [6, 6.07) is 20.4. The Hall–Kier alpha value is -3.80. The standard InChI is InChI=1S/C24H19N3O3/c28-23-16-8-1-2-9-17(16)24(29)27(23)14-5-6-15-30-21-13-7-12-20-22(21)26-19-11-4-3-10-18(19)25-20/h1-4,7-13H,5-6,14-15H2. The van der Waals surface area contributed by atoms with Crippen LogP contribution in [0.2, 0.25) is 0 Å². The molecule has 5 rings (SSSR count). The third kappa shape index (κ3) is 3.16. The van der Waals surface area contributed by atoms with E-state index in [4.69, 9.17) is 9.72 Å². The van der Waals surface area contributed by atoms with E-state index >= 15 is 0 Å². The molecule has 1 aliphatic heterocycles. The van der Waals surface area contributed by atoms with Crippen LogP contribution in [0.4, 0.5) is 0 Å². The van der Waals surface area contributed by atoms with Crippen LogP contribution in [0.5, 0.6) is 5.75 Å². The average molecular weight is 397 g/mol. The van der Waals surface area contributed by atoms with Gasteiger partial charge >= 0.3 is 0 Å². The zero-order valence-electron chi connectivity index (χ0n) is 16.2. The maximum Gasteiger partial charge on any atom is 0.261 e. The van der Waals surface area contributed by atoms with Gasteiger partial charge in [0.15, 0.2) is 0 Å². The maximum atomic E-state index is 12.4. The molecule has 3 aromatic carbocycles. The van der Waals surface area contributed by atoms with Gasteiger partial charge in [0.1, 0.15) is 11.3 Å². The number of aromatic nitrogens is 2. The molecule has 0 N–H and O–H groups in total. The molecule has 6 heteroatoms. The third-order valence-corrected chi connectivity index (χ3v) is 5.24. The van der Waals surface area contributed by atoms with Crippen molar-refractivity contribution in [2.45, 2.75) is 12.8 Å². The van der Waals surface area contributed by atoms with Gasteiger partial charge in [0.2, 0.25) is 0 Å². The smallest absolute Gasteiger partial charge is 0.261 e. The largest absolute Gasteiger partial charge is 0.491 e. The molecule has 0 bridgehead atoms. The Labute approximate surface area is 173 Å². The van der Waals surface area contributed by atoms with Crippen molar-refractivity contribution in [1.29, 1.82) is 0 Å². The number of carbonyl (C=O) groups excluding carboxylic acids is 2. The summed E-state index contributed by atoms with van der Waals surface area (Å²) in [5.74, 6) is 0.256. The third-order valence-electron chi connectivity index (χ3n) is 5.24. The molecule has 30 heavy (non-hydrogen) atoms. The highest BCUT2D eigenvalue weighted by atomic mass is 16.5. The predicted octanol–water partition coefficient (Wildman–Crippen LogP) is 4.24. The fourth-order valence-corrected chi connectivity index (χ4v) is 3.73. The second kappa shape index (κ2) is 7.55. The van der Waals surface area contributed by atoms with Gasteiger partial charge in [-0.25, -0.2) is 9.97 Å². The fraction of sp³-hybridized carbons (Fsp3) is 0.167. The molecular formula is C24H19N3O3. The van der Waals surface area contributed by atoms with Gasteiger partial charge in [0.05, 0.1) is 34.3 Å².